The van der Waals surface area contributed by atoms with E-state index in [1.807, 2.05) is 11.0 Å². The van der Waals surface area contributed by atoms with Gasteiger partial charge in [0.05, 0.1) is 32.7 Å². The van der Waals surface area contributed by atoms with Crippen LogP contribution in [0.1, 0.15) is 244 Å². The molecular weight excluding hydrogens is 1070 g/mol. The first kappa shape index (κ1) is 74.5. The summed E-state index contributed by atoms with van der Waals surface area (Å²) in [5.74, 6) is -5.13. The molecule has 0 unspecified atom stereocenters. The lowest BCUT2D eigenvalue weighted by atomic mass is 10.0. The molecule has 19 nitrogen and oxygen atoms in total. The maximum absolute atomic E-state index is 13.4. The second kappa shape index (κ2) is 51.8. The summed E-state index contributed by atoms with van der Waals surface area (Å²) in [6.45, 7) is 2.85. The van der Waals surface area contributed by atoms with E-state index in [1.165, 1.54) is 172 Å². The third-order valence-electron chi connectivity index (χ3n) is 15.4. The Kier molecular flexibility index (Phi) is 45.9. The fourth-order valence-electron chi connectivity index (χ4n) is 10.2. The van der Waals surface area contributed by atoms with Gasteiger partial charge in [0.15, 0.2) is 0 Å². The van der Waals surface area contributed by atoms with Gasteiger partial charge >= 0.3 is 5.97 Å². The highest BCUT2D eigenvalue weighted by atomic mass is 16.5. The summed E-state index contributed by atoms with van der Waals surface area (Å²) < 4.78 is 10.6. The van der Waals surface area contributed by atoms with Gasteiger partial charge in [0.25, 0.3) is 0 Å². The van der Waals surface area contributed by atoms with Gasteiger partial charge in [0, 0.05) is 19.6 Å². The fraction of sp³-hybridized carbons (Fsp3) is 0.769. The maximum Gasteiger partial charge on any atom is 0.325 e. The number of ether oxygens (including phenoxy) is 2. The van der Waals surface area contributed by atoms with Crippen LogP contribution in [0.2, 0.25) is 0 Å². The predicted octanol–water partition coefficient (Wildman–Crippen LogP) is 9.18. The monoisotopic (exact) mass is 1180 g/mol. The molecule has 1 aliphatic heterocycles. The average molecular weight is 1180 g/mol. The molecule has 1 aliphatic rings. The lowest BCUT2D eigenvalue weighted by Crippen LogP contribution is -2.55. The highest BCUT2D eigenvalue weighted by Crippen LogP contribution is 2.19. The molecule has 6 N–H and O–H groups in total. The van der Waals surface area contributed by atoms with Crippen molar-refractivity contribution in [1.29, 1.82) is 0 Å². The number of piperidine rings is 1. The number of nitrogens with one attached hydrogen (secondary N) is 6. The smallest absolute Gasteiger partial charge is 0.325 e. The van der Waals surface area contributed by atoms with Gasteiger partial charge in [-0.15, -0.1) is 0 Å². The summed E-state index contributed by atoms with van der Waals surface area (Å²) in [6, 6.07) is 8.14. The minimum Gasteiger partial charge on any atom is -0.460 e. The summed E-state index contributed by atoms with van der Waals surface area (Å²) in [4.78, 5) is 117. The Morgan fingerprint density at radius 1 is 0.440 bits per heavy atom. The summed E-state index contributed by atoms with van der Waals surface area (Å²) in [5, 5.41) is 14.5. The Morgan fingerprint density at radius 3 is 1.26 bits per heavy atom. The van der Waals surface area contributed by atoms with Crippen molar-refractivity contribution in [2.75, 3.05) is 72.1 Å². The zero-order chi connectivity index (χ0) is 60.9. The molecule has 1 atom stereocenters. The first-order chi connectivity index (χ1) is 40.9. The molecule has 84 heavy (non-hydrogen) atoms. The zero-order valence-corrected chi connectivity index (χ0v) is 52.1. The van der Waals surface area contributed by atoms with Crippen molar-refractivity contribution in [3.05, 3.63) is 35.9 Å². The van der Waals surface area contributed by atoms with E-state index in [2.05, 4.69) is 45.7 Å². The molecule has 478 valence electrons. The zero-order valence-electron chi connectivity index (χ0n) is 52.1. The molecule has 0 saturated carbocycles. The van der Waals surface area contributed by atoms with Crippen LogP contribution in [0.15, 0.2) is 30.3 Å². The van der Waals surface area contributed by atoms with Crippen molar-refractivity contribution < 1.29 is 52.6 Å². The number of rotatable bonds is 53. The van der Waals surface area contributed by atoms with Crippen LogP contribution in [0.5, 0.6) is 0 Å². The molecule has 1 fully saturated rings. The number of carbonyl (C=O) groups is 9. The van der Waals surface area contributed by atoms with Crippen molar-refractivity contribution in [2.45, 2.75) is 251 Å². The van der Waals surface area contributed by atoms with Gasteiger partial charge in [-0.1, -0.05) is 237 Å². The summed E-state index contributed by atoms with van der Waals surface area (Å²) >= 11 is 0. The number of carbonyl (C=O) groups excluding carboxylic acids is 9. The van der Waals surface area contributed by atoms with Gasteiger partial charge in [0.1, 0.15) is 32.4 Å². The Hall–Kier alpha value is -5.59. The van der Waals surface area contributed by atoms with E-state index in [0.29, 0.717) is 32.4 Å². The highest BCUT2D eigenvalue weighted by molar-refractivity contribution is 5.94. The SMILES string of the molecule is CCCCCCCCCCCCCCCCCCN(CCCCCCCCCCCCCCCCCC)C(=O)COCC(=O)NCC(=O)NCC(=O)NCC(=O)N1CCCC[C@H]1C(=O)NCC(=O)NCC(=O)NCC(=O)OCc1ccccc1. The average Bonchev–Trinajstić information content (AvgIpc) is 3.70. The van der Waals surface area contributed by atoms with Crippen molar-refractivity contribution in [2.24, 2.45) is 0 Å². The lowest BCUT2D eigenvalue weighted by Gasteiger charge is -2.34. The normalized spacial score (nSPS) is 12.9. The van der Waals surface area contributed by atoms with Crippen LogP contribution in [0.4, 0.5) is 0 Å². The van der Waals surface area contributed by atoms with Crippen molar-refractivity contribution in [1.82, 2.24) is 41.7 Å². The van der Waals surface area contributed by atoms with Crippen molar-refractivity contribution in [3.8, 4) is 0 Å². The number of hydrogen-bond donors (Lipinski definition) is 6. The Bertz CT molecular complexity index is 1920. The number of esters is 1. The topological polar surface area (TPSA) is 251 Å². The van der Waals surface area contributed by atoms with E-state index in [-0.39, 0.29) is 32.2 Å². The fourth-order valence-corrected chi connectivity index (χ4v) is 10.2. The highest BCUT2D eigenvalue weighted by Gasteiger charge is 2.32. The Morgan fingerprint density at radius 2 is 0.821 bits per heavy atom. The number of benzene rings is 1. The molecule has 0 spiro atoms. The standard InChI is InChI=1S/C65H112N8O11/c1-3-5-7-9-11-13-15-17-19-21-23-25-27-29-31-37-43-72(44-38-32-30-28-26-24-22-20-18-16-14-12-10-8-6-4-2)63(80)54-83-53-61(78)68-48-57(74)66-46-58(75)69-50-62(79)73-45-39-36-42-56(73)65(82)71-49-60(77)67-47-59(76)70-51-64(81)84-52-55-40-34-33-35-41-55/h33-35,40-41,56H,3-32,36-39,42-54H2,1-2H3,(H,66,74)(H,67,77)(H,68,78)(H,69,75)(H,70,76)(H,71,82)/t56-/m0/s1. The van der Waals surface area contributed by atoms with Crippen molar-refractivity contribution in [3.63, 3.8) is 0 Å². The number of amides is 8. The van der Waals surface area contributed by atoms with Crippen LogP contribution >= 0.6 is 0 Å². The predicted molar refractivity (Wildman–Crippen MR) is 330 cm³/mol. The quantitative estimate of drug-likeness (QED) is 0.0265. The third kappa shape index (κ3) is 41.4. The van der Waals surface area contributed by atoms with Gasteiger partial charge in [-0.05, 0) is 37.7 Å². The van der Waals surface area contributed by atoms with E-state index >= 15 is 0 Å². The summed E-state index contributed by atoms with van der Waals surface area (Å²) in [5.41, 5.74) is 0.790. The molecule has 2 rings (SSSR count). The lowest BCUT2D eigenvalue weighted by molar-refractivity contribution is -0.145. The van der Waals surface area contributed by atoms with E-state index in [1.54, 1.807) is 24.3 Å². The van der Waals surface area contributed by atoms with Crippen LogP contribution in [0.3, 0.4) is 0 Å². The van der Waals surface area contributed by atoms with Gasteiger partial charge in [-0.3, -0.25) is 43.2 Å². The van der Waals surface area contributed by atoms with Crippen LogP contribution < -0.4 is 31.9 Å². The molecule has 1 heterocycles. The van der Waals surface area contributed by atoms with Gasteiger partial charge in [-0.2, -0.15) is 0 Å². The van der Waals surface area contributed by atoms with E-state index in [4.69, 9.17) is 9.47 Å². The molecule has 0 aromatic heterocycles. The molecule has 0 radical (unpaired) electrons. The van der Waals surface area contributed by atoms with Gasteiger partial charge in [-0.25, -0.2) is 0 Å². The first-order valence-corrected chi connectivity index (χ1v) is 32.9. The second-order valence-electron chi connectivity index (χ2n) is 22.8. The molecule has 8 amide bonds. The van der Waals surface area contributed by atoms with Crippen LogP contribution in [0.25, 0.3) is 0 Å². The minimum atomic E-state index is -0.896. The largest absolute Gasteiger partial charge is 0.460 e. The number of nitrogens with zero attached hydrogens (tertiary/aromatic N) is 2. The van der Waals surface area contributed by atoms with Crippen LogP contribution in [-0.2, 0) is 59.2 Å². The van der Waals surface area contributed by atoms with Crippen LogP contribution in [0, 0.1) is 0 Å². The molecule has 0 aliphatic carbocycles. The van der Waals surface area contributed by atoms with Gasteiger partial charge < -0.3 is 51.2 Å². The number of unbranched alkanes of at least 4 members (excludes halogenated alkanes) is 30. The van der Waals surface area contributed by atoms with E-state index in [0.717, 1.165) is 44.1 Å². The molecular formula is C65H112N8O11. The maximum atomic E-state index is 13.4. The molecule has 0 bridgehead atoms. The summed E-state index contributed by atoms with van der Waals surface area (Å²) in [7, 11) is 0. The molecule has 1 aromatic carbocycles. The second-order valence-corrected chi connectivity index (χ2v) is 22.8. The number of hydrogen-bond acceptors (Lipinski definition) is 11. The van der Waals surface area contributed by atoms with Gasteiger partial charge in [0.2, 0.25) is 47.3 Å². The van der Waals surface area contributed by atoms with E-state index in [9.17, 15) is 43.2 Å². The first-order valence-electron chi connectivity index (χ1n) is 32.9. The minimum absolute atomic E-state index is 0.0520. The van der Waals surface area contributed by atoms with E-state index < -0.39 is 92.7 Å². The van der Waals surface area contributed by atoms with Crippen molar-refractivity contribution >= 4 is 53.2 Å². The summed E-state index contributed by atoms with van der Waals surface area (Å²) in [6.07, 6.45) is 42.7. The Labute approximate surface area is 504 Å². The van der Waals surface area contributed by atoms with Crippen LogP contribution in [-0.4, -0.2) is 141 Å². The third-order valence-corrected chi connectivity index (χ3v) is 15.4. The molecule has 1 saturated heterocycles. The molecule has 19 heteroatoms. The number of likely N-dealkylation sites (tertiary alicyclic amines) is 1. The molecule has 1 aromatic rings. The Balaban J connectivity index is 1.65.